The molecule has 3 nitrogen and oxygen atoms in total. The largest absolute Gasteiger partial charge is 0.354 e. The molecule has 1 atom stereocenters. The van der Waals surface area contributed by atoms with Crippen molar-refractivity contribution in [2.24, 2.45) is 0 Å². The van der Waals surface area contributed by atoms with Gasteiger partial charge >= 0.3 is 0 Å². The van der Waals surface area contributed by atoms with E-state index in [9.17, 15) is 4.79 Å². The van der Waals surface area contributed by atoms with Crippen LogP contribution in [0.1, 0.15) is 38.8 Å². The third-order valence-electron chi connectivity index (χ3n) is 2.62. The fourth-order valence-electron chi connectivity index (χ4n) is 1.73. The van der Waals surface area contributed by atoms with Crippen LogP contribution in [0.5, 0.6) is 0 Å². The second kappa shape index (κ2) is 7.39. The van der Waals surface area contributed by atoms with E-state index in [-0.39, 0.29) is 18.0 Å². The standard InChI is InChI=1S/C14H21ClN2O/c1-10(2)17-14(18)8-9-16-11(3)12-6-4-5-7-13(12)15/h4-7,10-11,16H,8-9H2,1-3H3,(H,17,18)/t11-/m1/s1. The van der Waals surface area contributed by atoms with Crippen LogP contribution in [0.3, 0.4) is 0 Å². The van der Waals surface area contributed by atoms with Gasteiger partial charge in [-0.05, 0) is 32.4 Å². The van der Waals surface area contributed by atoms with Crippen LogP contribution in [0.25, 0.3) is 0 Å². The normalized spacial score (nSPS) is 12.5. The van der Waals surface area contributed by atoms with Crippen LogP contribution in [-0.2, 0) is 4.79 Å². The fourth-order valence-corrected chi connectivity index (χ4v) is 2.03. The summed E-state index contributed by atoms with van der Waals surface area (Å²) in [7, 11) is 0. The zero-order chi connectivity index (χ0) is 13.5. The smallest absolute Gasteiger partial charge is 0.221 e. The van der Waals surface area contributed by atoms with Crippen LogP contribution in [0.4, 0.5) is 0 Å². The predicted octanol–water partition coefficient (Wildman–Crippen LogP) is 2.91. The van der Waals surface area contributed by atoms with Crippen molar-refractivity contribution in [1.82, 2.24) is 10.6 Å². The number of rotatable bonds is 6. The monoisotopic (exact) mass is 268 g/mol. The van der Waals surface area contributed by atoms with Crippen LogP contribution in [0.2, 0.25) is 5.02 Å². The van der Waals surface area contributed by atoms with Crippen molar-refractivity contribution in [3.05, 3.63) is 34.9 Å². The Bertz CT molecular complexity index is 393. The second-order valence-corrected chi connectivity index (χ2v) is 5.08. The lowest BCUT2D eigenvalue weighted by molar-refractivity contribution is -0.121. The quantitative estimate of drug-likeness (QED) is 0.833. The number of halogens is 1. The summed E-state index contributed by atoms with van der Waals surface area (Å²) in [6.07, 6.45) is 0.479. The molecule has 0 saturated heterocycles. The van der Waals surface area contributed by atoms with Gasteiger partial charge in [-0.2, -0.15) is 0 Å². The van der Waals surface area contributed by atoms with Crippen LogP contribution in [-0.4, -0.2) is 18.5 Å². The number of carbonyl (C=O) groups is 1. The first-order valence-electron chi connectivity index (χ1n) is 6.28. The molecule has 0 aliphatic rings. The maximum atomic E-state index is 11.5. The van der Waals surface area contributed by atoms with E-state index in [1.165, 1.54) is 0 Å². The van der Waals surface area contributed by atoms with Crippen molar-refractivity contribution in [2.45, 2.75) is 39.3 Å². The van der Waals surface area contributed by atoms with Gasteiger partial charge in [-0.3, -0.25) is 4.79 Å². The van der Waals surface area contributed by atoms with E-state index < -0.39 is 0 Å². The number of benzene rings is 1. The summed E-state index contributed by atoms with van der Waals surface area (Å²) in [6.45, 7) is 6.60. The first-order valence-corrected chi connectivity index (χ1v) is 6.65. The first kappa shape index (κ1) is 15.0. The van der Waals surface area contributed by atoms with E-state index in [4.69, 9.17) is 11.6 Å². The molecule has 0 aromatic heterocycles. The lowest BCUT2D eigenvalue weighted by Gasteiger charge is -2.16. The lowest BCUT2D eigenvalue weighted by Crippen LogP contribution is -2.33. The number of hydrogen-bond acceptors (Lipinski definition) is 2. The van der Waals surface area contributed by atoms with Gasteiger partial charge in [-0.25, -0.2) is 0 Å². The van der Waals surface area contributed by atoms with Crippen LogP contribution < -0.4 is 10.6 Å². The van der Waals surface area contributed by atoms with E-state index in [0.717, 1.165) is 10.6 Å². The molecule has 0 spiro atoms. The molecule has 0 radical (unpaired) electrons. The zero-order valence-electron chi connectivity index (χ0n) is 11.2. The highest BCUT2D eigenvalue weighted by Gasteiger charge is 2.09. The number of carbonyl (C=O) groups excluding carboxylic acids is 1. The minimum absolute atomic E-state index is 0.0730. The number of nitrogens with one attached hydrogen (secondary N) is 2. The van der Waals surface area contributed by atoms with Gasteiger partial charge < -0.3 is 10.6 Å². The van der Waals surface area contributed by atoms with E-state index >= 15 is 0 Å². The second-order valence-electron chi connectivity index (χ2n) is 4.67. The molecule has 0 unspecified atom stereocenters. The van der Waals surface area contributed by atoms with E-state index in [0.29, 0.717) is 13.0 Å². The summed E-state index contributed by atoms with van der Waals surface area (Å²) in [6, 6.07) is 8.08. The van der Waals surface area contributed by atoms with Crippen molar-refractivity contribution < 1.29 is 4.79 Å². The molecule has 0 aliphatic heterocycles. The highest BCUT2D eigenvalue weighted by molar-refractivity contribution is 6.31. The van der Waals surface area contributed by atoms with Gasteiger partial charge in [0.15, 0.2) is 0 Å². The topological polar surface area (TPSA) is 41.1 Å². The van der Waals surface area contributed by atoms with Crippen LogP contribution in [0.15, 0.2) is 24.3 Å². The highest BCUT2D eigenvalue weighted by atomic mass is 35.5. The van der Waals surface area contributed by atoms with E-state index in [1.54, 1.807) is 0 Å². The molecular weight excluding hydrogens is 248 g/mol. The molecule has 0 aliphatic carbocycles. The summed E-state index contributed by atoms with van der Waals surface area (Å²) >= 11 is 6.11. The third-order valence-corrected chi connectivity index (χ3v) is 2.97. The van der Waals surface area contributed by atoms with Crippen molar-refractivity contribution in [3.63, 3.8) is 0 Å². The molecule has 1 aromatic rings. The number of amides is 1. The van der Waals surface area contributed by atoms with Crippen molar-refractivity contribution in [1.29, 1.82) is 0 Å². The zero-order valence-corrected chi connectivity index (χ0v) is 11.9. The molecule has 0 fully saturated rings. The van der Waals surface area contributed by atoms with Gasteiger partial charge in [0.25, 0.3) is 0 Å². The van der Waals surface area contributed by atoms with Crippen LogP contribution >= 0.6 is 11.6 Å². The molecule has 1 aromatic carbocycles. The molecule has 0 saturated carbocycles. The maximum absolute atomic E-state index is 11.5. The Morgan fingerprint density at radius 3 is 2.56 bits per heavy atom. The Kier molecular flexibility index (Phi) is 6.16. The molecule has 1 rings (SSSR count). The molecule has 1 amide bonds. The van der Waals surface area contributed by atoms with Gasteiger partial charge in [-0.1, -0.05) is 29.8 Å². The van der Waals surface area contributed by atoms with Crippen molar-refractivity contribution in [3.8, 4) is 0 Å². The Hall–Kier alpha value is -1.06. The summed E-state index contributed by atoms with van der Waals surface area (Å²) in [4.78, 5) is 11.5. The summed E-state index contributed by atoms with van der Waals surface area (Å²) in [5.74, 6) is 0.0730. The third kappa shape index (κ3) is 5.07. The Labute approximate surface area is 114 Å². The minimum Gasteiger partial charge on any atom is -0.354 e. The van der Waals surface area contributed by atoms with Gasteiger partial charge in [0, 0.05) is 30.1 Å². The molecule has 2 N–H and O–H groups in total. The molecule has 100 valence electrons. The van der Waals surface area contributed by atoms with Gasteiger partial charge in [0.2, 0.25) is 5.91 Å². The van der Waals surface area contributed by atoms with E-state index in [1.807, 2.05) is 45.0 Å². The number of hydrogen-bond donors (Lipinski definition) is 2. The van der Waals surface area contributed by atoms with E-state index in [2.05, 4.69) is 10.6 Å². The average molecular weight is 269 g/mol. The Balaban J connectivity index is 2.36. The van der Waals surface area contributed by atoms with Crippen LogP contribution in [0, 0.1) is 0 Å². The fraction of sp³-hybridized carbons (Fsp3) is 0.500. The lowest BCUT2D eigenvalue weighted by atomic mass is 10.1. The summed E-state index contributed by atoms with van der Waals surface area (Å²) in [5.41, 5.74) is 1.06. The first-order chi connectivity index (χ1) is 8.50. The highest BCUT2D eigenvalue weighted by Crippen LogP contribution is 2.21. The SMILES string of the molecule is CC(C)NC(=O)CCN[C@H](C)c1ccccc1Cl. The predicted molar refractivity (Wildman–Crippen MR) is 75.8 cm³/mol. The average Bonchev–Trinajstić information content (AvgIpc) is 2.28. The summed E-state index contributed by atoms with van der Waals surface area (Å²) < 4.78 is 0. The van der Waals surface area contributed by atoms with Crippen molar-refractivity contribution in [2.75, 3.05) is 6.54 Å². The van der Waals surface area contributed by atoms with Gasteiger partial charge in [0.1, 0.15) is 0 Å². The molecule has 18 heavy (non-hydrogen) atoms. The molecule has 0 bridgehead atoms. The molecule has 0 heterocycles. The maximum Gasteiger partial charge on any atom is 0.221 e. The Morgan fingerprint density at radius 1 is 1.28 bits per heavy atom. The minimum atomic E-state index is 0.0730. The van der Waals surface area contributed by atoms with Crippen molar-refractivity contribution >= 4 is 17.5 Å². The molecular formula is C14H21ClN2O. The van der Waals surface area contributed by atoms with Gasteiger partial charge in [-0.15, -0.1) is 0 Å². The Morgan fingerprint density at radius 2 is 1.94 bits per heavy atom. The molecule has 4 heteroatoms. The summed E-state index contributed by atoms with van der Waals surface area (Å²) in [5, 5.41) is 6.92. The van der Waals surface area contributed by atoms with Gasteiger partial charge in [0.05, 0.1) is 0 Å².